The van der Waals surface area contributed by atoms with Crippen LogP contribution in [0.2, 0.25) is 5.02 Å². The summed E-state index contributed by atoms with van der Waals surface area (Å²) in [5.41, 5.74) is 3.17. The van der Waals surface area contributed by atoms with Crippen LogP contribution in [-0.4, -0.2) is 51.1 Å². The Morgan fingerprint density at radius 3 is 2.91 bits per heavy atom. The number of anilines is 2. The molecule has 2 aliphatic heterocycles. The molecule has 0 amide bonds. The highest BCUT2D eigenvalue weighted by molar-refractivity contribution is 6.30. The van der Waals surface area contributed by atoms with E-state index in [4.69, 9.17) is 21.1 Å². The van der Waals surface area contributed by atoms with E-state index in [0.29, 0.717) is 16.7 Å². The van der Waals surface area contributed by atoms with Crippen molar-refractivity contribution >= 4 is 23.2 Å². The van der Waals surface area contributed by atoms with Gasteiger partial charge < -0.3 is 19.7 Å². The zero-order chi connectivity index (χ0) is 23.1. The van der Waals surface area contributed by atoms with Crippen molar-refractivity contribution in [3.63, 3.8) is 0 Å². The van der Waals surface area contributed by atoms with Crippen LogP contribution < -0.4 is 19.7 Å². The average molecular weight is 476 g/mol. The topological polar surface area (TPSA) is 90.2 Å². The minimum absolute atomic E-state index is 0.0441. The van der Waals surface area contributed by atoms with E-state index in [1.54, 1.807) is 30.5 Å². The Balaban J connectivity index is 1.37. The molecular formula is C21H20ClF2N7O2. The van der Waals surface area contributed by atoms with Crippen LogP contribution in [0.3, 0.4) is 0 Å². The van der Waals surface area contributed by atoms with E-state index < -0.39 is 13.0 Å². The summed E-state index contributed by atoms with van der Waals surface area (Å²) < 4.78 is 38.2. The smallest absolute Gasteiger partial charge is 0.322 e. The second-order valence-electron chi connectivity index (χ2n) is 7.71. The van der Waals surface area contributed by atoms with Crippen LogP contribution >= 0.6 is 11.6 Å². The number of ether oxygens (including phenoxy) is 2. The van der Waals surface area contributed by atoms with Crippen LogP contribution in [0, 0.1) is 5.92 Å². The van der Waals surface area contributed by atoms with Gasteiger partial charge in [-0.05, 0) is 30.7 Å². The van der Waals surface area contributed by atoms with Gasteiger partial charge in [-0.3, -0.25) is 0 Å². The van der Waals surface area contributed by atoms with Gasteiger partial charge in [0.2, 0.25) is 11.8 Å². The number of methoxy groups -OCH3 is 1. The molecule has 2 aromatic heterocycles. The number of hydrogen-bond donors (Lipinski definition) is 1. The summed E-state index contributed by atoms with van der Waals surface area (Å²) >= 11 is 5.99. The van der Waals surface area contributed by atoms with Crippen LogP contribution in [0.25, 0.3) is 0 Å². The van der Waals surface area contributed by atoms with Crippen LogP contribution in [0.5, 0.6) is 17.6 Å². The number of rotatable bonds is 8. The van der Waals surface area contributed by atoms with Gasteiger partial charge in [0.15, 0.2) is 0 Å². The van der Waals surface area contributed by atoms with Crippen LogP contribution in [-0.2, 0) is 6.54 Å². The average Bonchev–Trinajstić information content (AvgIpc) is 3.46. The van der Waals surface area contributed by atoms with Gasteiger partial charge in [-0.15, -0.1) is 10.2 Å². The molecule has 33 heavy (non-hydrogen) atoms. The largest absolute Gasteiger partial charge is 0.480 e. The first-order chi connectivity index (χ1) is 15.9. The third kappa shape index (κ3) is 4.04. The summed E-state index contributed by atoms with van der Waals surface area (Å²) in [5, 5.41) is 15.8. The van der Waals surface area contributed by atoms with Crippen LogP contribution in [0.1, 0.15) is 6.92 Å². The maximum Gasteiger partial charge on any atom is 0.322 e. The summed E-state index contributed by atoms with van der Waals surface area (Å²) in [6.45, 7) is 2.17. The first kappa shape index (κ1) is 21.4. The number of nitrogens with one attached hydrogen (secondary N) is 1. The van der Waals surface area contributed by atoms with E-state index in [0.717, 1.165) is 22.6 Å². The van der Waals surface area contributed by atoms with E-state index in [-0.39, 0.29) is 23.9 Å². The van der Waals surface area contributed by atoms with E-state index in [1.807, 2.05) is 6.07 Å². The number of hydrogen-bond acceptors (Lipinski definition) is 8. The minimum Gasteiger partial charge on any atom is -0.480 e. The second kappa shape index (κ2) is 8.47. The number of nitrogens with zero attached hydrogens (tertiary/aromatic N) is 6. The SMILES string of the molecule is COc1cc(N2CC3C(C)=C2C3Nc2nc(Oc3cccc(Cl)c3)n(CC(F)F)n2)cnn1. The predicted molar refractivity (Wildman–Crippen MR) is 117 cm³/mol. The minimum atomic E-state index is -2.62. The van der Waals surface area contributed by atoms with E-state index in [1.165, 1.54) is 12.7 Å². The Hall–Kier alpha value is -3.47. The zero-order valence-electron chi connectivity index (χ0n) is 17.7. The predicted octanol–water partition coefficient (Wildman–Crippen LogP) is 3.99. The van der Waals surface area contributed by atoms with Gasteiger partial charge in [-0.1, -0.05) is 17.7 Å². The molecule has 1 fully saturated rings. The molecule has 12 heteroatoms. The van der Waals surface area contributed by atoms with Crippen molar-refractivity contribution in [2.24, 2.45) is 5.92 Å². The lowest BCUT2D eigenvalue weighted by molar-refractivity contribution is 0.118. The molecule has 172 valence electrons. The van der Waals surface area contributed by atoms with Crippen molar-refractivity contribution in [1.82, 2.24) is 25.0 Å². The summed E-state index contributed by atoms with van der Waals surface area (Å²) in [4.78, 5) is 6.45. The second-order valence-corrected chi connectivity index (χ2v) is 8.15. The molecule has 9 nitrogen and oxygen atoms in total. The molecule has 1 aliphatic carbocycles. The van der Waals surface area contributed by atoms with Crippen molar-refractivity contribution < 1.29 is 18.3 Å². The maximum absolute atomic E-state index is 13.1. The molecule has 2 bridgehead atoms. The quantitative estimate of drug-likeness (QED) is 0.523. The first-order valence-corrected chi connectivity index (χ1v) is 10.6. The van der Waals surface area contributed by atoms with Crippen molar-refractivity contribution in [3.8, 4) is 17.6 Å². The zero-order valence-corrected chi connectivity index (χ0v) is 18.5. The number of benzene rings is 1. The summed E-state index contributed by atoms with van der Waals surface area (Å²) in [5.74, 6) is 1.23. The van der Waals surface area contributed by atoms with E-state index in [9.17, 15) is 8.78 Å². The molecule has 1 saturated heterocycles. The Kier molecular flexibility index (Phi) is 5.49. The van der Waals surface area contributed by atoms with Gasteiger partial charge in [0.25, 0.3) is 6.43 Å². The molecule has 6 rings (SSSR count). The van der Waals surface area contributed by atoms with Gasteiger partial charge >= 0.3 is 6.01 Å². The monoisotopic (exact) mass is 475 g/mol. The molecule has 3 aromatic rings. The Morgan fingerprint density at radius 1 is 1.30 bits per heavy atom. The fourth-order valence-corrected chi connectivity index (χ4v) is 4.37. The molecule has 0 spiro atoms. The van der Waals surface area contributed by atoms with Crippen LogP contribution in [0.15, 0.2) is 47.8 Å². The molecule has 1 aromatic carbocycles. The lowest BCUT2D eigenvalue weighted by Gasteiger charge is -2.32. The van der Waals surface area contributed by atoms with Crippen molar-refractivity contribution in [2.45, 2.75) is 25.9 Å². The number of alkyl halides is 2. The molecule has 0 saturated carbocycles. The van der Waals surface area contributed by atoms with Crippen molar-refractivity contribution in [2.75, 3.05) is 23.9 Å². The lowest BCUT2D eigenvalue weighted by atomic mass is 9.82. The third-order valence-corrected chi connectivity index (χ3v) is 5.94. The maximum atomic E-state index is 13.1. The Morgan fingerprint density at radius 2 is 2.15 bits per heavy atom. The molecule has 0 radical (unpaired) electrons. The van der Waals surface area contributed by atoms with Gasteiger partial charge in [-0.2, -0.15) is 10.1 Å². The van der Waals surface area contributed by atoms with Crippen LogP contribution in [0.4, 0.5) is 20.4 Å². The van der Waals surface area contributed by atoms with E-state index in [2.05, 4.69) is 37.4 Å². The Labute approximate surface area is 193 Å². The van der Waals surface area contributed by atoms with Crippen molar-refractivity contribution in [1.29, 1.82) is 0 Å². The fourth-order valence-electron chi connectivity index (χ4n) is 4.19. The standard InChI is InChI=1S/C21H20ClF2N7O2/c1-11-15-9-30(13-7-17(32-2)28-25-8-13)19(11)18(15)26-20-27-21(31(29-20)10-16(23)24)33-14-5-3-4-12(22)6-14/h3-8,15-16,18H,9-10H2,1-2H3,(H,26,29). The molecule has 3 aliphatic rings. The highest BCUT2D eigenvalue weighted by Gasteiger charge is 2.49. The molecule has 1 N–H and O–H groups in total. The van der Waals surface area contributed by atoms with Gasteiger partial charge in [0, 0.05) is 29.2 Å². The Bertz CT molecular complexity index is 1220. The van der Waals surface area contributed by atoms with Crippen molar-refractivity contribution in [3.05, 3.63) is 52.8 Å². The normalized spacial score (nSPS) is 19.2. The van der Waals surface area contributed by atoms with Gasteiger partial charge in [0.1, 0.15) is 12.3 Å². The third-order valence-electron chi connectivity index (χ3n) is 5.70. The van der Waals surface area contributed by atoms with Gasteiger partial charge in [0.05, 0.1) is 25.0 Å². The highest BCUT2D eigenvalue weighted by Crippen LogP contribution is 2.48. The molecule has 2 unspecified atom stereocenters. The summed E-state index contributed by atoms with van der Waals surface area (Å²) in [6.07, 6.45) is -0.941. The van der Waals surface area contributed by atoms with Gasteiger partial charge in [-0.25, -0.2) is 13.5 Å². The molecular weight excluding hydrogens is 456 g/mol. The lowest BCUT2D eigenvalue weighted by Crippen LogP contribution is -2.37. The molecule has 2 atom stereocenters. The summed E-state index contributed by atoms with van der Waals surface area (Å²) in [7, 11) is 1.54. The fraction of sp³-hybridized carbons (Fsp3) is 0.333. The summed E-state index contributed by atoms with van der Waals surface area (Å²) in [6, 6.07) is 8.33. The molecule has 4 heterocycles. The number of aromatic nitrogens is 5. The number of fused-ring (bicyclic) bond motifs is 1. The van der Waals surface area contributed by atoms with E-state index >= 15 is 0 Å². The first-order valence-electron chi connectivity index (χ1n) is 10.2. The highest BCUT2D eigenvalue weighted by atomic mass is 35.5. The number of halogens is 3.